The summed E-state index contributed by atoms with van der Waals surface area (Å²) >= 11 is 0. The molecule has 3 heterocycles. The number of nitrogen functional groups attached to an aromatic ring is 1. The van der Waals surface area contributed by atoms with Crippen LogP contribution in [0.2, 0.25) is 0 Å². The van der Waals surface area contributed by atoms with Crippen molar-refractivity contribution >= 4 is 23.3 Å². The average Bonchev–Trinajstić information content (AvgIpc) is 2.78. The van der Waals surface area contributed by atoms with E-state index in [0.29, 0.717) is 11.3 Å². The summed E-state index contributed by atoms with van der Waals surface area (Å²) in [5, 5.41) is 13.5. The quantitative estimate of drug-likeness (QED) is 0.780. The van der Waals surface area contributed by atoms with E-state index < -0.39 is 5.97 Å². The lowest BCUT2D eigenvalue weighted by Gasteiger charge is -2.34. The maximum atomic E-state index is 11.6. The number of piperazine rings is 1. The van der Waals surface area contributed by atoms with E-state index in [2.05, 4.69) is 26.9 Å². The van der Waals surface area contributed by atoms with E-state index >= 15 is 0 Å². The Hall–Kier alpha value is -2.35. The average molecular weight is 276 g/mol. The summed E-state index contributed by atoms with van der Waals surface area (Å²) in [5.41, 5.74) is 6.76. The number of nitrogens with two attached hydrogens (primary N) is 1. The summed E-state index contributed by atoms with van der Waals surface area (Å²) in [7, 11) is 2.05. The molecule has 1 saturated heterocycles. The predicted molar refractivity (Wildman–Crippen MR) is 74.1 cm³/mol. The van der Waals surface area contributed by atoms with E-state index in [0.717, 1.165) is 26.2 Å². The molecule has 3 N–H and O–H groups in total. The molecule has 0 amide bonds. The maximum Gasteiger partial charge on any atom is 0.356 e. The van der Waals surface area contributed by atoms with Gasteiger partial charge in [0.1, 0.15) is 0 Å². The van der Waals surface area contributed by atoms with Gasteiger partial charge >= 0.3 is 5.97 Å². The first-order valence-corrected chi connectivity index (χ1v) is 6.38. The van der Waals surface area contributed by atoms with Gasteiger partial charge in [0.2, 0.25) is 5.95 Å². The van der Waals surface area contributed by atoms with Gasteiger partial charge in [0.15, 0.2) is 11.3 Å². The van der Waals surface area contributed by atoms with Crippen LogP contribution in [0, 0.1) is 0 Å². The van der Waals surface area contributed by atoms with Gasteiger partial charge in [-0.15, -0.1) is 5.10 Å². The Morgan fingerprint density at radius 1 is 1.30 bits per heavy atom. The molecule has 0 unspecified atom stereocenters. The number of likely N-dealkylation sites (N-methyl/N-ethyl adjacent to an activating group) is 1. The topological polar surface area (TPSA) is 100.0 Å². The number of rotatable bonds is 2. The molecule has 8 nitrogen and oxygen atoms in total. The van der Waals surface area contributed by atoms with Crippen molar-refractivity contribution in [3.8, 4) is 0 Å². The van der Waals surface area contributed by atoms with Crippen LogP contribution < -0.4 is 10.6 Å². The Balaban J connectivity index is 2.10. The highest BCUT2D eigenvalue weighted by molar-refractivity contribution is 5.93. The van der Waals surface area contributed by atoms with Crippen molar-refractivity contribution in [3.63, 3.8) is 0 Å². The van der Waals surface area contributed by atoms with Crippen LogP contribution in [0.5, 0.6) is 0 Å². The van der Waals surface area contributed by atoms with Crippen LogP contribution in [0.15, 0.2) is 12.1 Å². The van der Waals surface area contributed by atoms with Crippen LogP contribution in [-0.4, -0.2) is 63.8 Å². The second-order valence-electron chi connectivity index (χ2n) is 4.90. The number of carboxylic acid groups (broad SMARTS) is 1. The molecule has 8 heteroatoms. The number of fused-ring (bicyclic) bond motifs is 1. The fourth-order valence-corrected chi connectivity index (χ4v) is 2.46. The molecule has 2 aromatic rings. The lowest BCUT2D eigenvalue weighted by atomic mass is 10.2. The van der Waals surface area contributed by atoms with Gasteiger partial charge < -0.3 is 20.6 Å². The van der Waals surface area contributed by atoms with Crippen LogP contribution >= 0.6 is 0 Å². The highest BCUT2D eigenvalue weighted by atomic mass is 16.4. The highest BCUT2D eigenvalue weighted by Gasteiger charge is 2.23. The minimum Gasteiger partial charge on any atom is -0.476 e. The summed E-state index contributed by atoms with van der Waals surface area (Å²) in [6.07, 6.45) is 0. The predicted octanol–water partition coefficient (Wildman–Crippen LogP) is -0.238. The number of carbonyl (C=O) groups is 1. The number of hydrogen-bond donors (Lipinski definition) is 2. The van der Waals surface area contributed by atoms with Crippen molar-refractivity contribution in [2.24, 2.45) is 0 Å². The van der Waals surface area contributed by atoms with E-state index in [4.69, 9.17) is 5.73 Å². The Labute approximate surface area is 115 Å². The smallest absolute Gasteiger partial charge is 0.356 e. The van der Waals surface area contributed by atoms with Crippen LogP contribution in [-0.2, 0) is 0 Å². The normalized spacial score (nSPS) is 16.8. The second-order valence-corrected chi connectivity index (χ2v) is 4.90. The fourth-order valence-electron chi connectivity index (χ4n) is 2.46. The van der Waals surface area contributed by atoms with Gasteiger partial charge in [0.05, 0.1) is 5.69 Å². The Kier molecular flexibility index (Phi) is 2.94. The Morgan fingerprint density at radius 2 is 2.00 bits per heavy atom. The molecule has 106 valence electrons. The van der Waals surface area contributed by atoms with Crippen LogP contribution in [0.4, 0.5) is 11.6 Å². The second kappa shape index (κ2) is 4.64. The molecule has 0 bridgehead atoms. The van der Waals surface area contributed by atoms with E-state index in [1.54, 1.807) is 12.1 Å². The minimum absolute atomic E-state index is 0.0722. The molecule has 1 aliphatic rings. The maximum absolute atomic E-state index is 11.6. The lowest BCUT2D eigenvalue weighted by molar-refractivity contribution is 0.0688. The molecule has 0 aromatic carbocycles. The van der Waals surface area contributed by atoms with Gasteiger partial charge in [-0.05, 0) is 19.2 Å². The summed E-state index contributed by atoms with van der Waals surface area (Å²) in [4.78, 5) is 19.8. The zero-order valence-corrected chi connectivity index (χ0v) is 11.2. The molecule has 1 aliphatic heterocycles. The zero-order chi connectivity index (χ0) is 14.3. The molecular formula is C12H16N6O2. The SMILES string of the molecule is CN1CCN(c2ccc3nc(N)nn3c2C(=O)O)CC1. The van der Waals surface area contributed by atoms with Gasteiger partial charge in [-0.1, -0.05) is 0 Å². The fraction of sp³-hybridized carbons (Fsp3) is 0.417. The Bertz CT molecular complexity index is 659. The van der Waals surface area contributed by atoms with Crippen molar-refractivity contribution < 1.29 is 9.90 Å². The molecule has 0 radical (unpaired) electrons. The van der Waals surface area contributed by atoms with Crippen LogP contribution in [0.1, 0.15) is 10.5 Å². The first kappa shape index (κ1) is 12.7. The number of nitrogens with zero attached hydrogens (tertiary/aromatic N) is 5. The standard InChI is InChI=1S/C12H16N6O2/c1-16-4-6-17(7-5-16)8-2-3-9-14-12(13)15-18(9)10(8)11(19)20/h2-3H,4-7H2,1H3,(H2,13,15)(H,19,20). The number of hydrogen-bond acceptors (Lipinski definition) is 6. The third-order valence-corrected chi connectivity index (χ3v) is 3.54. The molecule has 3 rings (SSSR count). The molecular weight excluding hydrogens is 260 g/mol. The van der Waals surface area contributed by atoms with Crippen molar-refractivity contribution in [1.29, 1.82) is 0 Å². The van der Waals surface area contributed by atoms with Crippen molar-refractivity contribution in [2.75, 3.05) is 43.9 Å². The molecule has 0 atom stereocenters. The van der Waals surface area contributed by atoms with Gasteiger partial charge in [0, 0.05) is 26.2 Å². The highest BCUT2D eigenvalue weighted by Crippen LogP contribution is 2.23. The van der Waals surface area contributed by atoms with Gasteiger partial charge in [-0.2, -0.15) is 4.98 Å². The van der Waals surface area contributed by atoms with E-state index in [1.165, 1.54) is 4.52 Å². The third kappa shape index (κ3) is 2.03. The summed E-state index contributed by atoms with van der Waals surface area (Å²) < 4.78 is 1.30. The van der Waals surface area contributed by atoms with Crippen molar-refractivity contribution in [3.05, 3.63) is 17.8 Å². The largest absolute Gasteiger partial charge is 0.476 e. The lowest BCUT2D eigenvalue weighted by Crippen LogP contribution is -2.45. The van der Waals surface area contributed by atoms with E-state index in [1.807, 2.05) is 0 Å². The summed E-state index contributed by atoms with van der Waals surface area (Å²) in [6.45, 7) is 3.37. The van der Waals surface area contributed by atoms with Crippen LogP contribution in [0.3, 0.4) is 0 Å². The van der Waals surface area contributed by atoms with Crippen molar-refractivity contribution in [1.82, 2.24) is 19.5 Å². The van der Waals surface area contributed by atoms with E-state index in [-0.39, 0.29) is 11.6 Å². The molecule has 0 spiro atoms. The monoisotopic (exact) mass is 276 g/mol. The Morgan fingerprint density at radius 3 is 2.65 bits per heavy atom. The number of aromatic carboxylic acids is 1. The summed E-state index contributed by atoms with van der Waals surface area (Å²) in [5.74, 6) is -0.961. The van der Waals surface area contributed by atoms with Crippen LogP contribution in [0.25, 0.3) is 5.65 Å². The molecule has 0 saturated carbocycles. The van der Waals surface area contributed by atoms with Gasteiger partial charge in [-0.3, -0.25) is 0 Å². The molecule has 2 aromatic heterocycles. The van der Waals surface area contributed by atoms with Gasteiger partial charge in [-0.25, -0.2) is 9.31 Å². The minimum atomic E-state index is -1.03. The molecule has 0 aliphatic carbocycles. The number of aromatic nitrogens is 3. The van der Waals surface area contributed by atoms with Gasteiger partial charge in [0.25, 0.3) is 0 Å². The molecule has 20 heavy (non-hydrogen) atoms. The summed E-state index contributed by atoms with van der Waals surface area (Å²) in [6, 6.07) is 3.52. The number of pyridine rings is 1. The molecule has 1 fully saturated rings. The number of carboxylic acids is 1. The van der Waals surface area contributed by atoms with E-state index in [9.17, 15) is 9.90 Å². The first-order chi connectivity index (χ1) is 9.56. The third-order valence-electron chi connectivity index (χ3n) is 3.54. The number of anilines is 2. The zero-order valence-electron chi connectivity index (χ0n) is 11.2. The first-order valence-electron chi connectivity index (χ1n) is 6.38. The van der Waals surface area contributed by atoms with Crippen molar-refractivity contribution in [2.45, 2.75) is 0 Å².